The summed E-state index contributed by atoms with van der Waals surface area (Å²) in [5.74, 6) is -4.96. The fourth-order valence-corrected chi connectivity index (χ4v) is 5.03. The van der Waals surface area contributed by atoms with E-state index in [1.807, 2.05) is 13.8 Å². The summed E-state index contributed by atoms with van der Waals surface area (Å²) >= 11 is 0. The molecule has 1 aromatic rings. The highest BCUT2D eigenvalue weighted by atomic mass is 16.7. The second kappa shape index (κ2) is 8.75. The Labute approximate surface area is 192 Å². The van der Waals surface area contributed by atoms with Gasteiger partial charge in [-0.2, -0.15) is 0 Å². The van der Waals surface area contributed by atoms with Gasteiger partial charge in [0.15, 0.2) is 5.79 Å². The van der Waals surface area contributed by atoms with Gasteiger partial charge in [0.05, 0.1) is 41.8 Å². The number of nitro benzene ring substituents is 1. The van der Waals surface area contributed by atoms with Crippen LogP contribution in [0.5, 0.6) is 0 Å². The standard InChI is InChI=1S/C23H30N2O8/c1-12(16-11-32-22(3,4)33-16)23(5)19(21(28)31-6)18(17(20(26)27)13(2)24-23)14-8-7-9-15(10-14)25(29)30/h7-10,12,16,18-19,24H,11H2,1-6H3,(H,26,27). The molecule has 5 unspecified atom stereocenters. The van der Waals surface area contributed by atoms with Crippen molar-refractivity contribution >= 4 is 17.6 Å². The molecule has 2 aliphatic rings. The Balaban J connectivity index is 2.21. The fourth-order valence-electron chi connectivity index (χ4n) is 5.03. The van der Waals surface area contributed by atoms with Gasteiger partial charge in [0.2, 0.25) is 0 Å². The highest BCUT2D eigenvalue weighted by molar-refractivity contribution is 5.92. The van der Waals surface area contributed by atoms with Crippen LogP contribution in [-0.4, -0.2) is 53.1 Å². The van der Waals surface area contributed by atoms with Crippen LogP contribution >= 0.6 is 0 Å². The van der Waals surface area contributed by atoms with Crippen molar-refractivity contribution in [2.75, 3.05) is 13.7 Å². The molecule has 0 spiro atoms. The van der Waals surface area contributed by atoms with Gasteiger partial charge in [0, 0.05) is 29.7 Å². The normalized spacial score (nSPS) is 29.8. The molecule has 1 saturated heterocycles. The van der Waals surface area contributed by atoms with Gasteiger partial charge in [-0.05, 0) is 33.3 Å². The summed E-state index contributed by atoms with van der Waals surface area (Å²) in [4.78, 5) is 36.4. The third kappa shape index (κ3) is 4.45. The molecule has 1 fully saturated rings. The molecule has 180 valence electrons. The zero-order chi connectivity index (χ0) is 24.7. The second-order valence-electron chi connectivity index (χ2n) is 9.24. The number of nitrogens with zero attached hydrogens (tertiary/aromatic N) is 1. The van der Waals surface area contributed by atoms with Crippen LogP contribution in [0.4, 0.5) is 5.69 Å². The molecule has 3 rings (SSSR count). The first-order valence-corrected chi connectivity index (χ1v) is 10.7. The molecule has 0 radical (unpaired) electrons. The minimum absolute atomic E-state index is 0.0421. The number of hydrogen-bond acceptors (Lipinski definition) is 8. The van der Waals surface area contributed by atoms with Crippen molar-refractivity contribution in [3.63, 3.8) is 0 Å². The first-order chi connectivity index (χ1) is 15.3. The summed E-state index contributed by atoms with van der Waals surface area (Å²) in [5, 5.41) is 24.7. The van der Waals surface area contributed by atoms with Gasteiger partial charge < -0.3 is 24.6 Å². The molecule has 1 aromatic carbocycles. The zero-order valence-corrected chi connectivity index (χ0v) is 19.6. The summed E-state index contributed by atoms with van der Waals surface area (Å²) in [7, 11) is 1.24. The van der Waals surface area contributed by atoms with Crippen molar-refractivity contribution in [3.8, 4) is 0 Å². The number of benzene rings is 1. The van der Waals surface area contributed by atoms with Gasteiger partial charge in [0.25, 0.3) is 5.69 Å². The Morgan fingerprint density at radius 3 is 2.52 bits per heavy atom. The Hall–Kier alpha value is -2.98. The lowest BCUT2D eigenvalue weighted by Crippen LogP contribution is -2.63. The number of non-ortho nitro benzene ring substituents is 1. The fraction of sp³-hybridized carbons (Fsp3) is 0.565. The topological polar surface area (TPSA) is 137 Å². The lowest BCUT2D eigenvalue weighted by molar-refractivity contribution is -0.384. The molecule has 33 heavy (non-hydrogen) atoms. The first kappa shape index (κ1) is 24.7. The van der Waals surface area contributed by atoms with Gasteiger partial charge in [-0.25, -0.2) is 4.79 Å². The molecule has 2 aliphatic heterocycles. The van der Waals surface area contributed by atoms with Crippen LogP contribution < -0.4 is 5.32 Å². The van der Waals surface area contributed by atoms with Crippen molar-refractivity contribution in [1.82, 2.24) is 5.32 Å². The highest BCUT2D eigenvalue weighted by Gasteiger charge is 2.57. The molecule has 2 N–H and O–H groups in total. The Morgan fingerprint density at radius 2 is 2.00 bits per heavy atom. The molecule has 10 heteroatoms. The van der Waals surface area contributed by atoms with E-state index in [-0.39, 0.29) is 23.3 Å². The maximum Gasteiger partial charge on any atom is 0.333 e. The van der Waals surface area contributed by atoms with E-state index in [1.54, 1.807) is 26.8 Å². The third-order valence-corrected chi connectivity index (χ3v) is 6.81. The largest absolute Gasteiger partial charge is 0.478 e. The van der Waals surface area contributed by atoms with Crippen LogP contribution in [0.3, 0.4) is 0 Å². The molecule has 2 heterocycles. The number of hydrogen-bond donors (Lipinski definition) is 2. The summed E-state index contributed by atoms with van der Waals surface area (Å²) in [5.41, 5.74) is -0.535. The number of carbonyl (C=O) groups is 2. The Kier molecular flexibility index (Phi) is 6.54. The molecular formula is C23H30N2O8. The molecular weight excluding hydrogens is 432 g/mol. The van der Waals surface area contributed by atoms with E-state index in [2.05, 4.69) is 5.32 Å². The predicted octanol–water partition coefficient (Wildman–Crippen LogP) is 2.98. The Bertz CT molecular complexity index is 1000. The van der Waals surface area contributed by atoms with Crippen LogP contribution in [-0.2, 0) is 23.8 Å². The van der Waals surface area contributed by atoms with Gasteiger partial charge in [0.1, 0.15) is 0 Å². The van der Waals surface area contributed by atoms with Crippen molar-refractivity contribution in [2.24, 2.45) is 11.8 Å². The van der Waals surface area contributed by atoms with E-state index in [4.69, 9.17) is 14.2 Å². The van der Waals surface area contributed by atoms with Crippen LogP contribution in [0.2, 0.25) is 0 Å². The Morgan fingerprint density at radius 1 is 1.33 bits per heavy atom. The van der Waals surface area contributed by atoms with Crippen LogP contribution in [0.1, 0.15) is 46.1 Å². The molecule has 0 amide bonds. The second-order valence-corrected chi connectivity index (χ2v) is 9.24. The average Bonchev–Trinajstić information content (AvgIpc) is 3.11. The third-order valence-electron chi connectivity index (χ3n) is 6.81. The zero-order valence-electron chi connectivity index (χ0n) is 19.6. The highest BCUT2D eigenvalue weighted by Crippen LogP contribution is 2.49. The predicted molar refractivity (Wildman–Crippen MR) is 117 cm³/mol. The minimum atomic E-state index is -1.22. The lowest BCUT2D eigenvalue weighted by atomic mass is 9.62. The number of ether oxygens (including phenoxy) is 3. The smallest absolute Gasteiger partial charge is 0.333 e. The van der Waals surface area contributed by atoms with Crippen molar-refractivity contribution in [1.29, 1.82) is 0 Å². The van der Waals surface area contributed by atoms with Crippen molar-refractivity contribution < 1.29 is 33.8 Å². The van der Waals surface area contributed by atoms with Crippen molar-refractivity contribution in [2.45, 2.75) is 58.0 Å². The molecule has 0 saturated carbocycles. The van der Waals surface area contributed by atoms with Gasteiger partial charge in [-0.1, -0.05) is 19.1 Å². The SMILES string of the molecule is COC(=O)C1C(c2cccc([N+](=O)[O-])c2)C(C(=O)O)=C(C)NC1(C)C(C)C1COC(C)(C)O1. The number of nitro groups is 1. The molecule has 0 aromatic heterocycles. The van der Waals surface area contributed by atoms with Gasteiger partial charge in [-0.3, -0.25) is 14.9 Å². The summed E-state index contributed by atoms with van der Waals surface area (Å²) < 4.78 is 16.9. The van der Waals surface area contributed by atoms with E-state index in [1.165, 1.54) is 25.3 Å². The number of allylic oxidation sites excluding steroid dienone is 1. The van der Waals surface area contributed by atoms with E-state index in [9.17, 15) is 24.8 Å². The maximum absolute atomic E-state index is 13.2. The van der Waals surface area contributed by atoms with Gasteiger partial charge >= 0.3 is 11.9 Å². The van der Waals surface area contributed by atoms with E-state index >= 15 is 0 Å². The van der Waals surface area contributed by atoms with Gasteiger partial charge in [-0.15, -0.1) is 0 Å². The van der Waals surface area contributed by atoms with E-state index in [0.29, 0.717) is 17.9 Å². The summed E-state index contributed by atoms with van der Waals surface area (Å²) in [6, 6.07) is 5.71. The number of nitrogens with one attached hydrogen (secondary N) is 1. The lowest BCUT2D eigenvalue weighted by Gasteiger charge is -2.50. The van der Waals surface area contributed by atoms with Crippen LogP contribution in [0.15, 0.2) is 35.5 Å². The molecule has 10 nitrogen and oxygen atoms in total. The van der Waals surface area contributed by atoms with Crippen molar-refractivity contribution in [3.05, 3.63) is 51.2 Å². The number of carbonyl (C=O) groups excluding carboxylic acids is 1. The number of methoxy groups -OCH3 is 1. The average molecular weight is 462 g/mol. The maximum atomic E-state index is 13.2. The summed E-state index contributed by atoms with van der Waals surface area (Å²) in [6.45, 7) is 9.25. The quantitative estimate of drug-likeness (QED) is 0.371. The number of carboxylic acids is 1. The van der Waals surface area contributed by atoms with E-state index < -0.39 is 40.0 Å². The van der Waals surface area contributed by atoms with Crippen LogP contribution in [0.25, 0.3) is 0 Å². The monoisotopic (exact) mass is 462 g/mol. The molecule has 5 atom stereocenters. The minimum Gasteiger partial charge on any atom is -0.478 e. The number of esters is 1. The van der Waals surface area contributed by atoms with Crippen LogP contribution in [0, 0.1) is 22.0 Å². The molecule has 0 aliphatic carbocycles. The first-order valence-electron chi connectivity index (χ1n) is 10.7. The number of carboxylic acid groups (broad SMARTS) is 1. The van der Waals surface area contributed by atoms with E-state index in [0.717, 1.165) is 0 Å². The number of rotatable bonds is 6. The number of aliphatic carboxylic acids is 1. The molecule has 0 bridgehead atoms. The summed E-state index contributed by atoms with van der Waals surface area (Å²) in [6.07, 6.45) is -0.380.